The zero-order valence-corrected chi connectivity index (χ0v) is 13.2. The van der Waals surface area contributed by atoms with Crippen LogP contribution in [0.25, 0.3) is 10.8 Å². The van der Waals surface area contributed by atoms with Crippen LogP contribution < -0.4 is 0 Å². The minimum atomic E-state index is -1.07. The Hall–Kier alpha value is -1.42. The van der Waals surface area contributed by atoms with Gasteiger partial charge in [-0.15, -0.1) is 0 Å². The van der Waals surface area contributed by atoms with Crippen LogP contribution in [0.15, 0.2) is 59.1 Å². The lowest BCUT2D eigenvalue weighted by Gasteiger charge is -2.16. The van der Waals surface area contributed by atoms with E-state index in [0.29, 0.717) is 15.1 Å². The zero-order valence-electron chi connectivity index (χ0n) is 10.9. The number of aliphatic hydroxyl groups is 1. The molecule has 0 spiro atoms. The van der Waals surface area contributed by atoms with Crippen molar-refractivity contribution in [1.29, 1.82) is 0 Å². The van der Waals surface area contributed by atoms with E-state index in [2.05, 4.69) is 15.9 Å². The van der Waals surface area contributed by atoms with E-state index >= 15 is 0 Å². The molecule has 3 aromatic rings. The quantitative estimate of drug-likeness (QED) is 0.597. The second-order valence-electron chi connectivity index (χ2n) is 4.76. The Labute approximate surface area is 135 Å². The smallest absolute Gasteiger partial charge is 0.130 e. The molecule has 0 heterocycles. The van der Waals surface area contributed by atoms with Gasteiger partial charge in [-0.3, -0.25) is 0 Å². The highest BCUT2D eigenvalue weighted by atomic mass is 79.9. The monoisotopic (exact) mass is 364 g/mol. The van der Waals surface area contributed by atoms with Crippen LogP contribution in [-0.4, -0.2) is 5.11 Å². The predicted octanol–water partition coefficient (Wildman–Crippen LogP) is 5.48. The van der Waals surface area contributed by atoms with Crippen LogP contribution in [0.5, 0.6) is 0 Å². The van der Waals surface area contributed by atoms with E-state index in [9.17, 15) is 9.50 Å². The first kappa shape index (κ1) is 14.5. The van der Waals surface area contributed by atoms with E-state index in [-0.39, 0.29) is 5.56 Å². The molecule has 1 N–H and O–H groups in total. The van der Waals surface area contributed by atoms with Crippen LogP contribution in [0, 0.1) is 5.82 Å². The highest BCUT2D eigenvalue weighted by Crippen LogP contribution is 2.34. The van der Waals surface area contributed by atoms with Gasteiger partial charge >= 0.3 is 0 Å². The molecule has 0 aromatic heterocycles. The van der Waals surface area contributed by atoms with Crippen molar-refractivity contribution < 1.29 is 9.50 Å². The number of fused-ring (bicyclic) bond motifs is 1. The fourth-order valence-corrected chi connectivity index (χ4v) is 2.89. The van der Waals surface area contributed by atoms with Gasteiger partial charge in [-0.2, -0.15) is 0 Å². The highest BCUT2D eigenvalue weighted by Gasteiger charge is 2.18. The Morgan fingerprint density at radius 1 is 1.00 bits per heavy atom. The molecule has 0 bridgehead atoms. The molecular formula is C17H11BrClFO. The van der Waals surface area contributed by atoms with Crippen LogP contribution in [0.2, 0.25) is 5.02 Å². The number of halogens is 3. The molecule has 3 aromatic carbocycles. The van der Waals surface area contributed by atoms with Gasteiger partial charge in [0.1, 0.15) is 11.9 Å². The summed E-state index contributed by atoms with van der Waals surface area (Å²) in [6, 6.07) is 16.0. The molecule has 1 nitrogen and oxygen atoms in total. The van der Waals surface area contributed by atoms with Crippen LogP contribution >= 0.6 is 27.5 Å². The topological polar surface area (TPSA) is 20.2 Å². The molecular weight excluding hydrogens is 355 g/mol. The van der Waals surface area contributed by atoms with Crippen molar-refractivity contribution in [3.63, 3.8) is 0 Å². The first-order chi connectivity index (χ1) is 10.1. The van der Waals surface area contributed by atoms with Crippen molar-refractivity contribution in [1.82, 2.24) is 0 Å². The van der Waals surface area contributed by atoms with Gasteiger partial charge in [0.25, 0.3) is 0 Å². The summed E-state index contributed by atoms with van der Waals surface area (Å²) in [7, 11) is 0. The second kappa shape index (κ2) is 5.76. The Bertz CT molecular complexity index is 814. The van der Waals surface area contributed by atoms with Gasteiger partial charge in [-0.05, 0) is 44.4 Å². The molecule has 4 heteroatoms. The average Bonchev–Trinajstić information content (AvgIpc) is 2.49. The van der Waals surface area contributed by atoms with Crippen molar-refractivity contribution in [2.24, 2.45) is 0 Å². The molecule has 3 rings (SSSR count). The van der Waals surface area contributed by atoms with Crippen molar-refractivity contribution >= 4 is 38.3 Å². The second-order valence-corrected chi connectivity index (χ2v) is 6.02. The lowest BCUT2D eigenvalue weighted by atomic mass is 9.95. The lowest BCUT2D eigenvalue weighted by molar-refractivity contribution is 0.216. The summed E-state index contributed by atoms with van der Waals surface area (Å²) >= 11 is 9.18. The van der Waals surface area contributed by atoms with E-state index in [1.54, 1.807) is 6.07 Å². The molecule has 0 aliphatic carbocycles. The third-order valence-corrected chi connectivity index (χ3v) is 4.65. The first-order valence-electron chi connectivity index (χ1n) is 6.38. The maximum atomic E-state index is 14.1. The molecule has 106 valence electrons. The third-order valence-electron chi connectivity index (χ3n) is 3.45. The van der Waals surface area contributed by atoms with E-state index in [4.69, 9.17) is 11.6 Å². The fraction of sp³-hybridized carbons (Fsp3) is 0.0588. The zero-order chi connectivity index (χ0) is 15.0. The summed E-state index contributed by atoms with van der Waals surface area (Å²) in [4.78, 5) is 0. The largest absolute Gasteiger partial charge is 0.384 e. The molecule has 1 unspecified atom stereocenters. The van der Waals surface area contributed by atoms with E-state index in [1.807, 2.05) is 36.4 Å². The Morgan fingerprint density at radius 3 is 2.52 bits per heavy atom. The number of benzene rings is 3. The highest BCUT2D eigenvalue weighted by molar-refractivity contribution is 9.10. The van der Waals surface area contributed by atoms with Gasteiger partial charge in [-0.1, -0.05) is 54.1 Å². The Morgan fingerprint density at radius 2 is 1.71 bits per heavy atom. The van der Waals surface area contributed by atoms with Crippen LogP contribution in [0.4, 0.5) is 4.39 Å². The number of rotatable bonds is 2. The van der Waals surface area contributed by atoms with Gasteiger partial charge in [0.15, 0.2) is 0 Å². The SMILES string of the molecule is OC(c1cc(Cl)c(Br)cc1F)c1cccc2ccccc12. The van der Waals surface area contributed by atoms with Gasteiger partial charge in [0, 0.05) is 10.0 Å². The predicted molar refractivity (Wildman–Crippen MR) is 87.1 cm³/mol. The van der Waals surface area contributed by atoms with Crippen LogP contribution in [-0.2, 0) is 0 Å². The van der Waals surface area contributed by atoms with Crippen molar-refractivity contribution in [3.8, 4) is 0 Å². The first-order valence-corrected chi connectivity index (χ1v) is 7.55. The van der Waals surface area contributed by atoms with E-state index in [0.717, 1.165) is 10.8 Å². The van der Waals surface area contributed by atoms with Gasteiger partial charge in [0.2, 0.25) is 0 Å². The molecule has 0 amide bonds. The molecule has 21 heavy (non-hydrogen) atoms. The minimum Gasteiger partial charge on any atom is -0.384 e. The van der Waals surface area contributed by atoms with Crippen LogP contribution in [0.1, 0.15) is 17.2 Å². The average molecular weight is 366 g/mol. The summed E-state index contributed by atoms with van der Waals surface area (Å²) in [6.07, 6.45) is -1.07. The van der Waals surface area contributed by atoms with Gasteiger partial charge in [0.05, 0.1) is 5.02 Å². The van der Waals surface area contributed by atoms with Crippen molar-refractivity contribution in [2.45, 2.75) is 6.10 Å². The number of aliphatic hydroxyl groups excluding tert-OH is 1. The number of hydrogen-bond acceptors (Lipinski definition) is 1. The summed E-state index contributed by atoms with van der Waals surface area (Å²) in [5.41, 5.74) is 0.824. The van der Waals surface area contributed by atoms with E-state index in [1.165, 1.54) is 12.1 Å². The minimum absolute atomic E-state index is 0.166. The summed E-state index contributed by atoms with van der Waals surface area (Å²) in [5, 5.41) is 12.8. The fourth-order valence-electron chi connectivity index (χ4n) is 2.40. The molecule has 0 saturated heterocycles. The van der Waals surface area contributed by atoms with Crippen LogP contribution in [0.3, 0.4) is 0 Å². The molecule has 0 radical (unpaired) electrons. The maximum absolute atomic E-state index is 14.1. The van der Waals surface area contributed by atoms with E-state index < -0.39 is 11.9 Å². The standard InChI is InChI=1S/C17H11BrClFO/c18-14-9-16(20)13(8-15(14)19)17(21)12-7-3-5-10-4-1-2-6-11(10)12/h1-9,17,21H. The van der Waals surface area contributed by atoms with Gasteiger partial charge in [-0.25, -0.2) is 4.39 Å². The molecule has 0 aliphatic rings. The maximum Gasteiger partial charge on any atom is 0.130 e. The summed E-state index contributed by atoms with van der Waals surface area (Å²) in [6.45, 7) is 0. The normalized spacial score (nSPS) is 12.6. The molecule has 0 aliphatic heterocycles. The molecule has 0 saturated carbocycles. The third kappa shape index (κ3) is 2.69. The van der Waals surface area contributed by atoms with Crippen molar-refractivity contribution in [2.75, 3.05) is 0 Å². The number of hydrogen-bond donors (Lipinski definition) is 1. The molecule has 0 fully saturated rings. The molecule has 1 atom stereocenters. The van der Waals surface area contributed by atoms with Gasteiger partial charge < -0.3 is 5.11 Å². The van der Waals surface area contributed by atoms with Crippen molar-refractivity contribution in [3.05, 3.63) is 81.0 Å². The Balaban J connectivity index is 2.17. The Kier molecular flexibility index (Phi) is 3.98. The lowest BCUT2D eigenvalue weighted by Crippen LogP contribution is -2.03. The summed E-state index contributed by atoms with van der Waals surface area (Å²) in [5.74, 6) is -0.494. The summed E-state index contributed by atoms with van der Waals surface area (Å²) < 4.78 is 14.6.